The summed E-state index contributed by atoms with van der Waals surface area (Å²) >= 11 is 3.16. The largest absolute Gasteiger partial charge is 0.444 e. The van der Waals surface area contributed by atoms with Gasteiger partial charge in [0, 0.05) is 17.8 Å². The summed E-state index contributed by atoms with van der Waals surface area (Å²) in [5.74, 6) is -0.148. The third kappa shape index (κ3) is 5.56. The molecule has 0 aliphatic rings. The van der Waals surface area contributed by atoms with E-state index in [1.807, 2.05) is 0 Å². The second kappa shape index (κ2) is 8.53. The number of nitrogens with one attached hydrogen (secondary N) is 2. The van der Waals surface area contributed by atoms with Crippen molar-refractivity contribution in [1.82, 2.24) is 0 Å². The summed E-state index contributed by atoms with van der Waals surface area (Å²) in [4.78, 5) is 23.8. The van der Waals surface area contributed by atoms with E-state index in [0.717, 1.165) is 19.3 Å². The summed E-state index contributed by atoms with van der Waals surface area (Å²) in [6.45, 7) is 2.10. The highest BCUT2D eigenvalue weighted by atomic mass is 79.9. The molecule has 6 heteroatoms. The number of carbonyl (C=O) groups excluding carboxylic acids is 2. The third-order valence-corrected chi connectivity index (χ3v) is 3.63. The lowest BCUT2D eigenvalue weighted by atomic mass is 10.2. The van der Waals surface area contributed by atoms with Gasteiger partial charge in [-0.3, -0.25) is 9.59 Å². The van der Waals surface area contributed by atoms with E-state index in [-0.39, 0.29) is 17.6 Å². The lowest BCUT2D eigenvalue weighted by Crippen LogP contribution is -2.13. The lowest BCUT2D eigenvalue weighted by molar-refractivity contribution is -0.116. The van der Waals surface area contributed by atoms with Crippen LogP contribution in [0.15, 0.2) is 45.5 Å². The predicted octanol–water partition coefficient (Wildman–Crippen LogP) is 4.81. The van der Waals surface area contributed by atoms with Crippen LogP contribution in [0.2, 0.25) is 0 Å². The Labute approximate surface area is 143 Å². The first kappa shape index (κ1) is 17.3. The monoisotopic (exact) mass is 378 g/mol. The number of hydrogen-bond donors (Lipinski definition) is 2. The first-order chi connectivity index (χ1) is 11.1. The smallest absolute Gasteiger partial charge is 0.291 e. The maximum atomic E-state index is 12.0. The number of rotatable bonds is 7. The molecular weight excluding hydrogens is 360 g/mol. The zero-order valence-electron chi connectivity index (χ0n) is 12.9. The molecule has 0 spiro atoms. The van der Waals surface area contributed by atoms with Crippen LogP contribution in [0.5, 0.6) is 0 Å². The fourth-order valence-electron chi connectivity index (χ4n) is 2.06. The van der Waals surface area contributed by atoms with Gasteiger partial charge in [-0.05, 0) is 52.7 Å². The Morgan fingerprint density at radius 1 is 1.09 bits per heavy atom. The Hall–Kier alpha value is -2.08. The first-order valence-electron chi connectivity index (χ1n) is 7.55. The van der Waals surface area contributed by atoms with Crippen LogP contribution in [0.4, 0.5) is 11.4 Å². The van der Waals surface area contributed by atoms with E-state index in [2.05, 4.69) is 33.5 Å². The van der Waals surface area contributed by atoms with Gasteiger partial charge in [-0.15, -0.1) is 0 Å². The minimum atomic E-state index is -0.345. The molecule has 1 heterocycles. The van der Waals surface area contributed by atoms with Crippen LogP contribution in [-0.4, -0.2) is 11.8 Å². The molecular formula is C17H19BrN2O3. The van der Waals surface area contributed by atoms with Crippen molar-refractivity contribution in [3.8, 4) is 0 Å². The number of unbranched alkanes of at least 4 members (excludes halogenated alkanes) is 2. The van der Waals surface area contributed by atoms with Gasteiger partial charge in [0.05, 0.1) is 0 Å². The average molecular weight is 379 g/mol. The van der Waals surface area contributed by atoms with Crippen molar-refractivity contribution >= 4 is 39.1 Å². The lowest BCUT2D eigenvalue weighted by Gasteiger charge is -2.08. The van der Waals surface area contributed by atoms with E-state index in [1.54, 1.807) is 36.4 Å². The number of carbonyl (C=O) groups is 2. The van der Waals surface area contributed by atoms with E-state index in [0.29, 0.717) is 22.5 Å². The number of hydrogen-bond acceptors (Lipinski definition) is 3. The molecule has 2 rings (SSSR count). The molecule has 0 radical (unpaired) electrons. The normalized spacial score (nSPS) is 10.3. The summed E-state index contributed by atoms with van der Waals surface area (Å²) in [5, 5.41) is 5.57. The van der Waals surface area contributed by atoms with Gasteiger partial charge in [-0.25, -0.2) is 0 Å². The van der Waals surface area contributed by atoms with Crippen molar-refractivity contribution in [3.63, 3.8) is 0 Å². The Balaban J connectivity index is 1.94. The van der Waals surface area contributed by atoms with Crippen LogP contribution in [-0.2, 0) is 4.79 Å². The van der Waals surface area contributed by atoms with E-state index in [4.69, 9.17) is 4.42 Å². The summed E-state index contributed by atoms with van der Waals surface area (Å²) < 4.78 is 5.70. The van der Waals surface area contributed by atoms with Crippen molar-refractivity contribution < 1.29 is 14.0 Å². The van der Waals surface area contributed by atoms with Crippen molar-refractivity contribution in [2.75, 3.05) is 10.6 Å². The molecule has 0 saturated carbocycles. The van der Waals surface area contributed by atoms with E-state index in [9.17, 15) is 9.59 Å². The van der Waals surface area contributed by atoms with Crippen LogP contribution in [0.1, 0.15) is 43.2 Å². The van der Waals surface area contributed by atoms with Crippen molar-refractivity contribution in [3.05, 3.63) is 46.8 Å². The highest BCUT2D eigenvalue weighted by Crippen LogP contribution is 2.19. The number of furan rings is 1. The molecule has 1 aromatic carbocycles. The standard InChI is InChI=1S/C17H19BrN2O3/c1-2-3-4-8-16(21)19-12-6-5-7-13(11-12)20-17(22)14-9-10-15(18)23-14/h5-7,9-11H,2-4,8H2,1H3,(H,19,21)(H,20,22). The zero-order chi connectivity index (χ0) is 16.7. The Morgan fingerprint density at radius 3 is 2.48 bits per heavy atom. The summed E-state index contributed by atoms with van der Waals surface area (Å²) in [6.07, 6.45) is 3.51. The van der Waals surface area contributed by atoms with E-state index >= 15 is 0 Å². The maximum Gasteiger partial charge on any atom is 0.291 e. The van der Waals surface area contributed by atoms with Crippen LogP contribution in [0, 0.1) is 0 Å². The summed E-state index contributed by atoms with van der Waals surface area (Å²) in [6, 6.07) is 10.3. The van der Waals surface area contributed by atoms with E-state index < -0.39 is 0 Å². The second-order valence-electron chi connectivity index (χ2n) is 5.14. The second-order valence-corrected chi connectivity index (χ2v) is 5.93. The topological polar surface area (TPSA) is 71.3 Å². The van der Waals surface area contributed by atoms with Crippen molar-refractivity contribution in [2.24, 2.45) is 0 Å². The zero-order valence-corrected chi connectivity index (χ0v) is 14.5. The van der Waals surface area contributed by atoms with Gasteiger partial charge in [0.2, 0.25) is 5.91 Å². The Kier molecular flexibility index (Phi) is 6.40. The van der Waals surface area contributed by atoms with Crippen molar-refractivity contribution in [1.29, 1.82) is 0 Å². The summed E-state index contributed by atoms with van der Waals surface area (Å²) in [7, 11) is 0. The molecule has 0 fully saturated rings. The van der Waals surface area contributed by atoms with Crippen LogP contribution < -0.4 is 10.6 Å². The average Bonchev–Trinajstić information content (AvgIpc) is 2.94. The van der Waals surface area contributed by atoms with Crippen LogP contribution in [0.3, 0.4) is 0 Å². The Morgan fingerprint density at radius 2 is 1.83 bits per heavy atom. The fourth-order valence-corrected chi connectivity index (χ4v) is 2.37. The van der Waals surface area contributed by atoms with E-state index in [1.165, 1.54) is 0 Å². The molecule has 122 valence electrons. The molecule has 5 nitrogen and oxygen atoms in total. The Bertz CT molecular complexity index is 682. The molecule has 23 heavy (non-hydrogen) atoms. The van der Waals surface area contributed by atoms with Gasteiger partial charge in [0.15, 0.2) is 10.4 Å². The van der Waals surface area contributed by atoms with Gasteiger partial charge < -0.3 is 15.1 Å². The molecule has 0 atom stereocenters. The number of benzene rings is 1. The number of amides is 2. The van der Waals surface area contributed by atoms with Crippen LogP contribution in [0.25, 0.3) is 0 Å². The minimum Gasteiger partial charge on any atom is -0.444 e. The SMILES string of the molecule is CCCCCC(=O)Nc1cccc(NC(=O)c2ccc(Br)o2)c1. The third-order valence-electron chi connectivity index (χ3n) is 3.21. The predicted molar refractivity (Wildman–Crippen MR) is 93.6 cm³/mol. The highest BCUT2D eigenvalue weighted by Gasteiger charge is 2.11. The van der Waals surface area contributed by atoms with Gasteiger partial charge in [0.1, 0.15) is 0 Å². The molecule has 1 aromatic heterocycles. The molecule has 2 amide bonds. The quantitative estimate of drug-likeness (QED) is 0.678. The van der Waals surface area contributed by atoms with Gasteiger partial charge in [-0.2, -0.15) is 0 Å². The van der Waals surface area contributed by atoms with Gasteiger partial charge >= 0.3 is 0 Å². The maximum absolute atomic E-state index is 12.0. The first-order valence-corrected chi connectivity index (χ1v) is 8.34. The fraction of sp³-hybridized carbons (Fsp3) is 0.294. The van der Waals surface area contributed by atoms with Gasteiger partial charge in [0.25, 0.3) is 5.91 Å². The molecule has 2 N–H and O–H groups in total. The van der Waals surface area contributed by atoms with Crippen molar-refractivity contribution in [2.45, 2.75) is 32.6 Å². The number of halogens is 1. The minimum absolute atomic E-state index is 0.0168. The summed E-state index contributed by atoms with van der Waals surface area (Å²) in [5.41, 5.74) is 1.25. The van der Waals surface area contributed by atoms with Gasteiger partial charge in [-0.1, -0.05) is 25.8 Å². The number of anilines is 2. The van der Waals surface area contributed by atoms with Crippen LogP contribution >= 0.6 is 15.9 Å². The molecule has 0 aliphatic carbocycles. The molecule has 0 aliphatic heterocycles. The molecule has 0 saturated heterocycles. The molecule has 0 bridgehead atoms. The molecule has 2 aromatic rings. The molecule has 0 unspecified atom stereocenters. The highest BCUT2D eigenvalue weighted by molar-refractivity contribution is 9.10.